The van der Waals surface area contributed by atoms with E-state index in [1.54, 1.807) is 24.0 Å². The fourth-order valence-corrected chi connectivity index (χ4v) is 3.13. The lowest BCUT2D eigenvalue weighted by molar-refractivity contribution is 0.211. The Kier molecular flexibility index (Phi) is 6.76. The van der Waals surface area contributed by atoms with Crippen LogP contribution in [0, 0.1) is 0 Å². The van der Waals surface area contributed by atoms with Gasteiger partial charge in [-0.05, 0) is 61.7 Å². The maximum Gasteiger partial charge on any atom is 0.223 e. The molecule has 25 heavy (non-hydrogen) atoms. The fourth-order valence-electron chi connectivity index (χ4n) is 2.39. The molecule has 0 radical (unpaired) electrons. The van der Waals surface area contributed by atoms with E-state index in [9.17, 15) is 0 Å². The third-order valence-corrected chi connectivity index (χ3v) is 5.04. The third-order valence-electron chi connectivity index (χ3n) is 4.19. The number of ether oxygens (including phenoxy) is 1. The van der Waals surface area contributed by atoms with Crippen molar-refractivity contribution < 1.29 is 4.74 Å². The Bertz CT molecular complexity index is 796. The second-order valence-electron chi connectivity index (χ2n) is 6.07. The van der Waals surface area contributed by atoms with Crippen molar-refractivity contribution in [2.24, 2.45) is 5.11 Å². The minimum Gasteiger partial charge on any atom is -0.474 e. The van der Waals surface area contributed by atoms with Gasteiger partial charge in [-0.15, -0.1) is 0 Å². The molecule has 0 aliphatic carbocycles. The van der Waals surface area contributed by atoms with Crippen LogP contribution in [-0.2, 0) is 5.54 Å². The van der Waals surface area contributed by atoms with Gasteiger partial charge in [0, 0.05) is 11.1 Å². The first-order chi connectivity index (χ1) is 11.9. The molecule has 2 aromatic rings. The normalized spacial score (nSPS) is 14.6. The Morgan fingerprint density at radius 1 is 1.48 bits per heavy atom. The summed E-state index contributed by atoms with van der Waals surface area (Å²) in [4.78, 5) is 11.8. The van der Waals surface area contributed by atoms with Gasteiger partial charge in [-0.25, -0.2) is 9.97 Å². The Morgan fingerprint density at radius 3 is 2.88 bits per heavy atom. The Hall–Kier alpha value is -1.69. The first-order valence-corrected chi connectivity index (χ1v) is 9.89. The number of hydrogen-bond donors (Lipinski definition) is 0. The lowest BCUT2D eigenvalue weighted by Crippen LogP contribution is -2.20. The summed E-state index contributed by atoms with van der Waals surface area (Å²) in [7, 11) is 0. The van der Waals surface area contributed by atoms with Gasteiger partial charge in [0.2, 0.25) is 5.88 Å². The van der Waals surface area contributed by atoms with E-state index in [4.69, 9.17) is 21.9 Å². The molecule has 0 fully saturated rings. The van der Waals surface area contributed by atoms with E-state index >= 15 is 0 Å². The first kappa shape index (κ1) is 19.6. The average Bonchev–Trinajstić information content (AvgIpc) is 2.59. The van der Waals surface area contributed by atoms with Crippen molar-refractivity contribution in [3.8, 4) is 5.88 Å². The van der Waals surface area contributed by atoms with E-state index in [-0.39, 0.29) is 6.10 Å². The number of pyridine rings is 2. The van der Waals surface area contributed by atoms with Gasteiger partial charge in [0.15, 0.2) is 0 Å². The van der Waals surface area contributed by atoms with Crippen molar-refractivity contribution in [3.05, 3.63) is 39.6 Å². The zero-order valence-corrected chi connectivity index (χ0v) is 16.4. The number of halogens is 1. The van der Waals surface area contributed by atoms with Crippen molar-refractivity contribution in [2.45, 2.75) is 45.3 Å². The standard InChI is InChI=1S/C17H22ClN5OS/c1-5-17(3,22-23-19)14-8-12-9-15(18)20-10-13(12)16(21-14)24-11(2)6-7-25-4/h8-11H,5-7H2,1-4H3/t11-,17-/m1/s1. The van der Waals surface area contributed by atoms with Gasteiger partial charge in [-0.1, -0.05) is 23.6 Å². The van der Waals surface area contributed by atoms with Crippen LogP contribution >= 0.6 is 23.4 Å². The van der Waals surface area contributed by atoms with Crippen LogP contribution in [0.4, 0.5) is 0 Å². The van der Waals surface area contributed by atoms with Crippen LogP contribution in [0.15, 0.2) is 23.4 Å². The van der Waals surface area contributed by atoms with Crippen molar-refractivity contribution in [1.29, 1.82) is 0 Å². The fraction of sp³-hybridized carbons (Fsp3) is 0.529. The smallest absolute Gasteiger partial charge is 0.223 e. The molecular weight excluding hydrogens is 358 g/mol. The summed E-state index contributed by atoms with van der Waals surface area (Å²) in [6.45, 7) is 5.85. The molecule has 2 atom stereocenters. The molecule has 0 bridgehead atoms. The minimum atomic E-state index is -0.751. The lowest BCUT2D eigenvalue weighted by atomic mass is 9.94. The van der Waals surface area contributed by atoms with Crippen LogP contribution < -0.4 is 4.74 Å². The van der Waals surface area contributed by atoms with E-state index in [2.05, 4.69) is 26.2 Å². The quantitative estimate of drug-likeness (QED) is 0.253. The van der Waals surface area contributed by atoms with Crippen LogP contribution in [0.25, 0.3) is 21.2 Å². The van der Waals surface area contributed by atoms with Gasteiger partial charge < -0.3 is 4.74 Å². The summed E-state index contributed by atoms with van der Waals surface area (Å²) < 4.78 is 6.09. The van der Waals surface area contributed by atoms with Crippen LogP contribution in [0.3, 0.4) is 0 Å². The number of nitrogens with zero attached hydrogens (tertiary/aromatic N) is 5. The molecule has 2 heterocycles. The van der Waals surface area contributed by atoms with Gasteiger partial charge in [-0.2, -0.15) is 11.8 Å². The third kappa shape index (κ3) is 4.69. The predicted molar refractivity (Wildman–Crippen MR) is 104 cm³/mol. The first-order valence-electron chi connectivity index (χ1n) is 8.12. The SMILES string of the molecule is CC[C@@](C)(N=[N+]=[N-])c1cc2cc(Cl)ncc2c(O[C@H](C)CCSC)n1. The van der Waals surface area contributed by atoms with E-state index < -0.39 is 5.54 Å². The second kappa shape index (κ2) is 8.61. The molecule has 0 saturated carbocycles. The summed E-state index contributed by atoms with van der Waals surface area (Å²) in [6, 6.07) is 3.66. The lowest BCUT2D eigenvalue weighted by Gasteiger charge is -2.23. The Balaban J connectivity index is 2.56. The summed E-state index contributed by atoms with van der Waals surface area (Å²) in [6.07, 6.45) is 5.29. The number of thioether (sulfide) groups is 1. The molecule has 0 saturated heterocycles. The zero-order chi connectivity index (χ0) is 18.4. The van der Waals surface area contributed by atoms with Crippen LogP contribution in [0.2, 0.25) is 5.15 Å². The number of rotatable bonds is 8. The predicted octanol–water partition coefficient (Wildman–Crippen LogP) is 5.74. The molecule has 0 aliphatic heterocycles. The summed E-state index contributed by atoms with van der Waals surface area (Å²) in [5.41, 5.74) is 8.84. The van der Waals surface area contributed by atoms with Gasteiger partial charge in [0.1, 0.15) is 5.15 Å². The number of hydrogen-bond acceptors (Lipinski definition) is 5. The van der Waals surface area contributed by atoms with Gasteiger partial charge in [-0.3, -0.25) is 0 Å². The highest BCUT2D eigenvalue weighted by molar-refractivity contribution is 7.98. The molecule has 134 valence electrons. The van der Waals surface area contributed by atoms with Gasteiger partial charge >= 0.3 is 0 Å². The maximum atomic E-state index is 8.93. The second-order valence-corrected chi connectivity index (χ2v) is 7.44. The zero-order valence-electron chi connectivity index (χ0n) is 14.9. The van der Waals surface area contributed by atoms with Crippen molar-refractivity contribution in [1.82, 2.24) is 9.97 Å². The Labute approximate surface area is 157 Å². The summed E-state index contributed by atoms with van der Waals surface area (Å²) in [5.74, 6) is 1.51. The molecule has 8 heteroatoms. The molecule has 0 N–H and O–H groups in total. The highest BCUT2D eigenvalue weighted by Gasteiger charge is 2.27. The van der Waals surface area contributed by atoms with Gasteiger partial charge in [0.05, 0.1) is 22.7 Å². The number of aromatic nitrogens is 2. The number of fused-ring (bicyclic) bond motifs is 1. The maximum absolute atomic E-state index is 8.93. The molecule has 0 aromatic carbocycles. The minimum absolute atomic E-state index is 0.0152. The van der Waals surface area contributed by atoms with Crippen molar-refractivity contribution in [3.63, 3.8) is 0 Å². The Morgan fingerprint density at radius 2 is 2.24 bits per heavy atom. The molecule has 0 aliphatic rings. The molecule has 6 nitrogen and oxygen atoms in total. The van der Waals surface area contributed by atoms with E-state index in [0.717, 1.165) is 22.9 Å². The van der Waals surface area contributed by atoms with Crippen LogP contribution in [-0.4, -0.2) is 28.1 Å². The molecule has 2 aromatic heterocycles. The number of azide groups is 1. The van der Waals surface area contributed by atoms with Gasteiger partial charge in [0.25, 0.3) is 0 Å². The van der Waals surface area contributed by atoms with Crippen LogP contribution in [0.1, 0.15) is 39.3 Å². The van der Waals surface area contributed by atoms with E-state index in [1.165, 1.54) is 0 Å². The van der Waals surface area contributed by atoms with E-state index in [0.29, 0.717) is 23.1 Å². The molecular formula is C17H22ClN5OS. The van der Waals surface area contributed by atoms with E-state index in [1.807, 2.05) is 26.8 Å². The molecule has 0 spiro atoms. The van der Waals surface area contributed by atoms with Crippen molar-refractivity contribution >= 4 is 34.1 Å². The summed E-state index contributed by atoms with van der Waals surface area (Å²) in [5, 5.41) is 6.01. The monoisotopic (exact) mass is 379 g/mol. The molecule has 0 unspecified atom stereocenters. The van der Waals surface area contributed by atoms with Crippen molar-refractivity contribution in [2.75, 3.05) is 12.0 Å². The highest BCUT2D eigenvalue weighted by Crippen LogP contribution is 2.34. The highest BCUT2D eigenvalue weighted by atomic mass is 35.5. The summed E-state index contributed by atoms with van der Waals surface area (Å²) >= 11 is 7.83. The largest absolute Gasteiger partial charge is 0.474 e. The van der Waals surface area contributed by atoms with Crippen LogP contribution in [0.5, 0.6) is 5.88 Å². The molecule has 2 rings (SSSR count). The average molecular weight is 380 g/mol. The topological polar surface area (TPSA) is 83.8 Å². The molecule has 0 amide bonds.